The van der Waals surface area contributed by atoms with E-state index >= 15 is 0 Å². The summed E-state index contributed by atoms with van der Waals surface area (Å²) >= 11 is 0. The summed E-state index contributed by atoms with van der Waals surface area (Å²) in [5.41, 5.74) is -2.96. The van der Waals surface area contributed by atoms with Crippen molar-refractivity contribution in [3.63, 3.8) is 0 Å². The van der Waals surface area contributed by atoms with E-state index in [0.29, 0.717) is 61.3 Å². The van der Waals surface area contributed by atoms with E-state index in [0.717, 1.165) is 12.1 Å². The van der Waals surface area contributed by atoms with E-state index in [2.05, 4.69) is 9.98 Å². The van der Waals surface area contributed by atoms with E-state index in [-0.39, 0.29) is 33.0 Å². The largest absolute Gasteiger partial charge is 0.419 e. The minimum atomic E-state index is -5.16. The molecule has 7 rings (SSSR count). The van der Waals surface area contributed by atoms with E-state index in [1.54, 1.807) is 30.6 Å². The molecule has 4 nitrogen and oxygen atoms in total. The molecule has 240 valence electrons. The fourth-order valence-electron chi connectivity index (χ4n) is 6.26. The smallest absolute Gasteiger partial charge is 0.207 e. The molecule has 0 spiro atoms. The van der Waals surface area contributed by atoms with Gasteiger partial charge in [-0.05, 0) is 98.4 Å². The first-order valence-corrected chi connectivity index (χ1v) is 14.1. The van der Waals surface area contributed by atoms with Crippen LogP contribution >= 0.6 is 0 Å². The van der Waals surface area contributed by atoms with Crippen LogP contribution in [0.1, 0.15) is 11.1 Å². The third-order valence-electron chi connectivity index (χ3n) is 8.35. The Bertz CT molecular complexity index is 2750. The van der Waals surface area contributed by atoms with Crippen LogP contribution in [0.15, 0.2) is 88.8 Å². The molecule has 0 aliphatic heterocycles. The lowest BCUT2D eigenvalue weighted by Gasteiger charge is -2.11. The van der Waals surface area contributed by atoms with Crippen LogP contribution in [-0.2, 0) is 12.4 Å². The van der Waals surface area contributed by atoms with Crippen molar-refractivity contribution >= 4 is 43.1 Å². The molecule has 0 radical (unpaired) electrons. The van der Waals surface area contributed by atoms with Crippen LogP contribution in [0.2, 0.25) is 0 Å². The maximum atomic E-state index is 14.3. The average molecular weight is 673 g/mol. The van der Waals surface area contributed by atoms with Crippen LogP contribution in [0.25, 0.3) is 65.3 Å². The van der Waals surface area contributed by atoms with Crippen molar-refractivity contribution in [3.05, 3.63) is 118 Å². The van der Waals surface area contributed by atoms with Gasteiger partial charge in [0, 0.05) is 21.5 Å². The van der Waals surface area contributed by atoms with E-state index < -0.39 is 40.9 Å². The van der Waals surface area contributed by atoms with Crippen LogP contribution in [0.5, 0.6) is 0 Å². The van der Waals surface area contributed by atoms with E-state index in [4.69, 9.17) is 0 Å². The molecule has 7 aromatic rings. The summed E-state index contributed by atoms with van der Waals surface area (Å²) in [5.74, 6) is -4.82. The molecule has 0 fully saturated rings. The second-order valence-electron chi connectivity index (χ2n) is 11.1. The molecule has 0 heterocycles. The summed E-state index contributed by atoms with van der Waals surface area (Å²) in [4.78, 5) is 7.90. The number of benzene rings is 5. The van der Waals surface area contributed by atoms with Crippen molar-refractivity contribution in [1.29, 1.82) is 10.5 Å². The normalized spacial score (nSPS) is 13.2. The molecule has 0 unspecified atom stereocenters. The first-order chi connectivity index (χ1) is 23.2. The molecule has 0 aliphatic rings. The molecule has 0 amide bonds. The van der Waals surface area contributed by atoms with Crippen LogP contribution in [-0.4, -0.2) is 0 Å². The van der Waals surface area contributed by atoms with Crippen molar-refractivity contribution in [2.24, 2.45) is 9.98 Å². The van der Waals surface area contributed by atoms with Gasteiger partial charge in [0.15, 0.2) is 11.6 Å². The molecule has 0 saturated carbocycles. The van der Waals surface area contributed by atoms with E-state index in [1.165, 1.54) is 30.3 Å². The van der Waals surface area contributed by atoms with Gasteiger partial charge in [-0.25, -0.2) is 13.2 Å². The fourth-order valence-corrected chi connectivity index (χ4v) is 6.26. The molecule has 0 aromatic heterocycles. The monoisotopic (exact) mass is 672 g/mol. The first kappa shape index (κ1) is 31.4. The van der Waals surface area contributed by atoms with E-state index in [1.807, 2.05) is 0 Å². The standard InChI is InChI=1S/C36H13F9N4/c37-21-6-18(5-20(11-21)35(40,41)42)16-1-3-22-24-12-25-23-4-2-17(19-9-30(36(43,44)45)32(39)31(38)10-19)8-27(23)34(49-15-47)29(25)13-28(24)33(48-14-46)26(22)7-16/h1-13H/b48-33+,49-34-. The topological polar surface area (TPSA) is 72.3 Å². The lowest BCUT2D eigenvalue weighted by Crippen LogP contribution is -2.10. The Morgan fingerprint density at radius 1 is 0.469 bits per heavy atom. The Morgan fingerprint density at radius 3 is 1.45 bits per heavy atom. The van der Waals surface area contributed by atoms with Crippen molar-refractivity contribution in [1.82, 2.24) is 0 Å². The molecular formula is C36H13F9N4. The SMILES string of the molecule is N#C/N=c1/c2cc(-c3cc(F)c(F)c(C(F)(F)F)c3)ccc2c2cc3c(cc12)/c(=N/C#N)c1cc(-c2cc(F)cc(C(F)(F)F)c2)ccc13. The van der Waals surface area contributed by atoms with Crippen LogP contribution in [0.3, 0.4) is 0 Å². The van der Waals surface area contributed by atoms with Gasteiger partial charge in [0.05, 0.1) is 21.8 Å². The zero-order valence-corrected chi connectivity index (χ0v) is 24.2. The lowest BCUT2D eigenvalue weighted by molar-refractivity contribution is -0.140. The number of rotatable bonds is 2. The number of nitriles is 2. The third kappa shape index (κ3) is 5.11. The Morgan fingerprint density at radius 2 is 0.959 bits per heavy atom. The second-order valence-corrected chi connectivity index (χ2v) is 11.1. The Labute approximate surface area is 268 Å². The second kappa shape index (κ2) is 10.9. The zero-order valence-electron chi connectivity index (χ0n) is 24.2. The summed E-state index contributed by atoms with van der Waals surface area (Å²) < 4.78 is 123. The summed E-state index contributed by atoms with van der Waals surface area (Å²) in [7, 11) is 0. The number of alkyl halides is 6. The van der Waals surface area contributed by atoms with Crippen LogP contribution in [0, 0.1) is 40.4 Å². The van der Waals surface area contributed by atoms with Crippen molar-refractivity contribution in [3.8, 4) is 34.6 Å². The van der Waals surface area contributed by atoms with Gasteiger partial charge in [-0.15, -0.1) is 0 Å². The van der Waals surface area contributed by atoms with Crippen LogP contribution < -0.4 is 10.7 Å². The van der Waals surface area contributed by atoms with Gasteiger partial charge in [-0.1, -0.05) is 24.3 Å². The highest BCUT2D eigenvalue weighted by Gasteiger charge is 2.36. The van der Waals surface area contributed by atoms with Crippen LogP contribution in [0.4, 0.5) is 39.5 Å². The molecule has 0 aliphatic carbocycles. The number of nitrogens with zero attached hydrogens (tertiary/aromatic N) is 4. The number of hydrogen-bond acceptors (Lipinski definition) is 4. The fraction of sp³-hybridized carbons (Fsp3) is 0.0556. The van der Waals surface area contributed by atoms with Gasteiger partial charge in [-0.3, -0.25) is 0 Å². The predicted molar refractivity (Wildman–Crippen MR) is 162 cm³/mol. The number of halogens is 9. The average Bonchev–Trinajstić information content (AvgIpc) is 3.51. The Kier molecular flexibility index (Phi) is 7.00. The van der Waals surface area contributed by atoms with Crippen molar-refractivity contribution in [2.75, 3.05) is 0 Å². The van der Waals surface area contributed by atoms with Gasteiger partial charge < -0.3 is 0 Å². The van der Waals surface area contributed by atoms with Gasteiger partial charge in [0.25, 0.3) is 0 Å². The predicted octanol–water partition coefficient (Wildman–Crippen LogP) is 9.73. The summed E-state index contributed by atoms with van der Waals surface area (Å²) in [6, 6.07) is 15.5. The van der Waals surface area contributed by atoms with Gasteiger partial charge >= 0.3 is 12.4 Å². The molecule has 0 bridgehead atoms. The summed E-state index contributed by atoms with van der Waals surface area (Å²) in [6.07, 6.45) is -6.54. The molecule has 7 aromatic carbocycles. The highest BCUT2D eigenvalue weighted by Crippen LogP contribution is 2.39. The van der Waals surface area contributed by atoms with Gasteiger partial charge in [0.2, 0.25) is 12.4 Å². The maximum Gasteiger partial charge on any atom is 0.419 e. The first-order valence-electron chi connectivity index (χ1n) is 14.1. The Balaban J connectivity index is 1.49. The summed E-state index contributed by atoms with van der Waals surface area (Å²) in [6.45, 7) is 0. The number of hydrogen-bond donors (Lipinski definition) is 0. The highest BCUT2D eigenvalue weighted by molar-refractivity contribution is 6.21. The molecule has 0 saturated heterocycles. The minimum absolute atomic E-state index is 0.0542. The minimum Gasteiger partial charge on any atom is -0.207 e. The van der Waals surface area contributed by atoms with E-state index in [9.17, 15) is 50.0 Å². The third-order valence-corrected chi connectivity index (χ3v) is 8.35. The quantitative estimate of drug-likeness (QED) is 0.136. The number of fused-ring (bicyclic) bond motifs is 6. The molecule has 13 heteroatoms. The molecule has 49 heavy (non-hydrogen) atoms. The molecule has 0 N–H and O–H groups in total. The van der Waals surface area contributed by atoms with Gasteiger partial charge in [0.1, 0.15) is 5.82 Å². The maximum absolute atomic E-state index is 14.3. The zero-order chi connectivity index (χ0) is 35.0. The molecule has 0 atom stereocenters. The lowest BCUT2D eigenvalue weighted by atomic mass is 9.99. The van der Waals surface area contributed by atoms with Crippen molar-refractivity contribution in [2.45, 2.75) is 12.4 Å². The highest BCUT2D eigenvalue weighted by atomic mass is 19.4. The Hall–Kier alpha value is -6.21. The summed E-state index contributed by atoms with van der Waals surface area (Å²) in [5, 5.41) is 23.0. The van der Waals surface area contributed by atoms with Crippen molar-refractivity contribution < 1.29 is 39.5 Å². The van der Waals surface area contributed by atoms with Gasteiger partial charge in [-0.2, -0.15) is 46.9 Å². The molecular weight excluding hydrogens is 659 g/mol.